The molecule has 0 saturated carbocycles. The monoisotopic (exact) mass is 441 g/mol. The maximum absolute atomic E-state index is 9.55. The third-order valence-electron chi connectivity index (χ3n) is 4.49. The van der Waals surface area contributed by atoms with Crippen LogP contribution in [0.4, 0.5) is 0 Å². The van der Waals surface area contributed by atoms with Crippen LogP contribution in [0.2, 0.25) is 5.02 Å². The molecule has 0 aromatic carbocycles. The number of ether oxygens (including phenoxy) is 1. The summed E-state index contributed by atoms with van der Waals surface area (Å²) in [5, 5.41) is 16.2. The third kappa shape index (κ3) is 7.60. The molecular formula is C19H24ClN3O5S. The molecule has 1 atom stereocenters. The molecule has 0 bridgehead atoms. The minimum absolute atomic E-state index is 0.114. The maximum atomic E-state index is 9.55. The second kappa shape index (κ2) is 11.1. The summed E-state index contributed by atoms with van der Waals surface area (Å²) in [6.45, 7) is 4.30. The number of rotatable bonds is 5. The number of fused-ring (bicyclic) bond motifs is 1. The van der Waals surface area contributed by atoms with E-state index in [9.17, 15) is 9.59 Å². The van der Waals surface area contributed by atoms with Gasteiger partial charge in [0.2, 0.25) is 5.88 Å². The van der Waals surface area contributed by atoms with Crippen molar-refractivity contribution in [2.24, 2.45) is 0 Å². The molecule has 10 heteroatoms. The molecule has 1 unspecified atom stereocenters. The maximum Gasteiger partial charge on any atom is 0.328 e. The lowest BCUT2D eigenvalue weighted by molar-refractivity contribution is -0.134. The number of aromatic nitrogens is 1. The standard InChI is InChI=1S/C15H20ClN3OS.C4H4O4/c1-18-10-12(4-7-19-5-2-3-6-19)20-14-13(15(18)21)8-11(16)9-17-14;5-3(6)1-2-4(7)8/h8-9,12H,2-7,10H2,1H3;1-2H,(H,5,6)(H,7,8). The summed E-state index contributed by atoms with van der Waals surface area (Å²) in [6.07, 6.45) is 6.48. The van der Waals surface area contributed by atoms with E-state index in [1.807, 2.05) is 13.1 Å². The van der Waals surface area contributed by atoms with Gasteiger partial charge in [-0.1, -0.05) is 23.8 Å². The quantitative estimate of drug-likeness (QED) is 0.526. The highest BCUT2D eigenvalue weighted by Gasteiger charge is 2.26. The van der Waals surface area contributed by atoms with Crippen molar-refractivity contribution in [2.45, 2.75) is 25.4 Å². The Morgan fingerprint density at radius 1 is 1.31 bits per heavy atom. The van der Waals surface area contributed by atoms with Crippen LogP contribution in [0.25, 0.3) is 0 Å². The van der Waals surface area contributed by atoms with Crippen LogP contribution in [-0.2, 0) is 9.59 Å². The number of thiocarbonyl (C=S) groups is 1. The number of carboxylic acids is 2. The van der Waals surface area contributed by atoms with Crippen molar-refractivity contribution in [3.63, 3.8) is 0 Å². The van der Waals surface area contributed by atoms with E-state index in [1.165, 1.54) is 25.9 Å². The number of carboxylic acid groups (broad SMARTS) is 2. The van der Waals surface area contributed by atoms with Crippen molar-refractivity contribution in [1.82, 2.24) is 14.8 Å². The van der Waals surface area contributed by atoms with Crippen LogP contribution < -0.4 is 4.74 Å². The minimum atomic E-state index is -1.26. The number of hydrogen-bond acceptors (Lipinski definition) is 6. The lowest BCUT2D eigenvalue weighted by Crippen LogP contribution is -2.36. The van der Waals surface area contributed by atoms with E-state index in [4.69, 9.17) is 38.8 Å². The number of carbonyl (C=O) groups is 2. The van der Waals surface area contributed by atoms with Gasteiger partial charge in [-0.3, -0.25) is 0 Å². The molecule has 1 fully saturated rings. The highest BCUT2D eigenvalue weighted by molar-refractivity contribution is 7.80. The Bertz CT molecular complexity index is 767. The van der Waals surface area contributed by atoms with E-state index >= 15 is 0 Å². The first-order chi connectivity index (χ1) is 13.8. The zero-order valence-electron chi connectivity index (χ0n) is 16.1. The van der Waals surface area contributed by atoms with Crippen molar-refractivity contribution in [3.8, 4) is 5.88 Å². The number of pyridine rings is 1. The summed E-state index contributed by atoms with van der Waals surface area (Å²) in [5.41, 5.74) is 0.823. The molecule has 2 aliphatic rings. The molecule has 3 heterocycles. The van der Waals surface area contributed by atoms with Crippen LogP contribution in [0.5, 0.6) is 5.88 Å². The normalized spacial score (nSPS) is 19.2. The fraction of sp³-hybridized carbons (Fsp3) is 0.474. The Hall–Kier alpha value is -2.23. The highest BCUT2D eigenvalue weighted by atomic mass is 35.5. The smallest absolute Gasteiger partial charge is 0.328 e. The van der Waals surface area contributed by atoms with Crippen LogP contribution in [0.15, 0.2) is 24.4 Å². The van der Waals surface area contributed by atoms with E-state index in [0.29, 0.717) is 23.1 Å². The average molecular weight is 442 g/mol. The fourth-order valence-electron chi connectivity index (χ4n) is 3.09. The fourth-order valence-corrected chi connectivity index (χ4v) is 3.47. The Kier molecular flexibility index (Phi) is 8.81. The van der Waals surface area contributed by atoms with Gasteiger partial charge in [-0.2, -0.15) is 0 Å². The van der Waals surface area contributed by atoms with Crippen LogP contribution in [0.3, 0.4) is 0 Å². The summed E-state index contributed by atoms with van der Waals surface area (Å²) in [5.74, 6) is -1.90. The second-order valence-electron chi connectivity index (χ2n) is 6.78. The first-order valence-electron chi connectivity index (χ1n) is 9.20. The number of nitrogens with zero attached hydrogens (tertiary/aromatic N) is 3. The van der Waals surface area contributed by atoms with E-state index in [0.717, 1.165) is 30.1 Å². The molecule has 0 amide bonds. The average Bonchev–Trinajstić information content (AvgIpc) is 3.15. The summed E-state index contributed by atoms with van der Waals surface area (Å²) in [7, 11) is 2.00. The lowest BCUT2D eigenvalue weighted by Gasteiger charge is -2.23. The minimum Gasteiger partial charge on any atom is -0.478 e. The third-order valence-corrected chi connectivity index (χ3v) is 5.22. The van der Waals surface area contributed by atoms with Crippen molar-refractivity contribution < 1.29 is 24.5 Å². The highest BCUT2D eigenvalue weighted by Crippen LogP contribution is 2.26. The van der Waals surface area contributed by atoms with Crippen molar-refractivity contribution in [3.05, 3.63) is 35.0 Å². The van der Waals surface area contributed by atoms with Gasteiger partial charge in [0.05, 0.1) is 17.1 Å². The molecule has 1 aromatic rings. The van der Waals surface area contributed by atoms with Crippen molar-refractivity contribution in [2.75, 3.05) is 33.2 Å². The molecule has 0 aliphatic carbocycles. The number of likely N-dealkylation sites (tertiary alicyclic amines) is 1. The lowest BCUT2D eigenvalue weighted by atomic mass is 10.2. The SMILES string of the molecule is CN1CC(CCN2CCCC2)Oc2ncc(Cl)cc2C1=S.O=C(O)C=CC(=O)O. The molecule has 0 spiro atoms. The van der Waals surface area contributed by atoms with E-state index in [1.54, 1.807) is 6.20 Å². The summed E-state index contributed by atoms with van der Waals surface area (Å²) < 4.78 is 6.09. The molecule has 158 valence electrons. The first-order valence-corrected chi connectivity index (χ1v) is 9.99. The topological polar surface area (TPSA) is 103 Å². The second-order valence-corrected chi connectivity index (χ2v) is 7.60. The van der Waals surface area contributed by atoms with Crippen molar-refractivity contribution >= 4 is 40.7 Å². The Labute approximate surface area is 179 Å². The predicted octanol–water partition coefficient (Wildman–Crippen LogP) is 2.30. The number of halogens is 1. The van der Waals surface area contributed by atoms with Crippen LogP contribution >= 0.6 is 23.8 Å². The molecule has 0 radical (unpaired) electrons. The molecule has 1 aromatic heterocycles. The van der Waals surface area contributed by atoms with Gasteiger partial charge < -0.3 is 24.7 Å². The van der Waals surface area contributed by atoms with Gasteiger partial charge in [-0.25, -0.2) is 14.6 Å². The van der Waals surface area contributed by atoms with Crippen molar-refractivity contribution in [1.29, 1.82) is 0 Å². The van der Waals surface area contributed by atoms with Gasteiger partial charge in [0.25, 0.3) is 0 Å². The summed E-state index contributed by atoms with van der Waals surface area (Å²) >= 11 is 11.5. The van der Waals surface area contributed by atoms with Crippen LogP contribution in [-0.4, -0.2) is 81.3 Å². The number of aliphatic carboxylic acids is 2. The Morgan fingerprint density at radius 3 is 2.52 bits per heavy atom. The van der Waals surface area contributed by atoms with E-state index in [2.05, 4.69) is 14.8 Å². The largest absolute Gasteiger partial charge is 0.478 e. The first kappa shape index (κ1) is 23.1. The summed E-state index contributed by atoms with van der Waals surface area (Å²) in [6, 6.07) is 1.84. The zero-order valence-corrected chi connectivity index (χ0v) is 17.7. The molecule has 2 aliphatic heterocycles. The van der Waals surface area contributed by atoms with Gasteiger partial charge in [0.1, 0.15) is 11.1 Å². The zero-order chi connectivity index (χ0) is 21.4. The van der Waals surface area contributed by atoms with Gasteiger partial charge in [0.15, 0.2) is 0 Å². The molecule has 8 nitrogen and oxygen atoms in total. The van der Waals surface area contributed by atoms with Gasteiger partial charge in [0, 0.05) is 31.9 Å². The molecule has 2 N–H and O–H groups in total. The van der Waals surface area contributed by atoms with Gasteiger partial charge in [-0.05, 0) is 38.4 Å². The predicted molar refractivity (Wildman–Crippen MR) is 113 cm³/mol. The van der Waals surface area contributed by atoms with E-state index < -0.39 is 11.9 Å². The van der Waals surface area contributed by atoms with Crippen LogP contribution in [0.1, 0.15) is 24.8 Å². The molecule has 3 rings (SSSR count). The Balaban J connectivity index is 0.000000321. The van der Waals surface area contributed by atoms with E-state index in [-0.39, 0.29) is 6.10 Å². The summed E-state index contributed by atoms with van der Waals surface area (Å²) in [4.78, 5) is 28.7. The molecular weight excluding hydrogens is 418 g/mol. The number of likely N-dealkylation sites (N-methyl/N-ethyl adjacent to an activating group) is 1. The van der Waals surface area contributed by atoms with Crippen LogP contribution in [0, 0.1) is 0 Å². The van der Waals surface area contributed by atoms with Gasteiger partial charge >= 0.3 is 11.9 Å². The van der Waals surface area contributed by atoms with Gasteiger partial charge in [-0.15, -0.1) is 0 Å². The molecule has 29 heavy (non-hydrogen) atoms. The molecule has 1 saturated heterocycles. The Morgan fingerprint density at radius 2 is 1.93 bits per heavy atom. The number of hydrogen-bond donors (Lipinski definition) is 2.